The summed E-state index contributed by atoms with van der Waals surface area (Å²) in [5.74, 6) is 0. The van der Waals surface area contributed by atoms with Crippen LogP contribution in [-0.4, -0.2) is 25.5 Å². The van der Waals surface area contributed by atoms with E-state index in [1.807, 2.05) is 0 Å². The summed E-state index contributed by atoms with van der Waals surface area (Å²) >= 11 is 0. The van der Waals surface area contributed by atoms with Gasteiger partial charge in [-0.3, -0.25) is 0 Å². The summed E-state index contributed by atoms with van der Waals surface area (Å²) in [4.78, 5) is 2.23. The van der Waals surface area contributed by atoms with E-state index >= 15 is 0 Å². The summed E-state index contributed by atoms with van der Waals surface area (Å²) in [5.41, 5.74) is 0.490. The Bertz CT molecular complexity index is 69.1. The largest absolute Gasteiger partial charge is 0.309 e. The second-order valence-corrected chi connectivity index (χ2v) is 4.11. The smallest absolute Gasteiger partial charge is 0.00198 e. The van der Waals surface area contributed by atoms with E-state index in [4.69, 9.17) is 0 Å². The van der Waals surface area contributed by atoms with Crippen LogP contribution in [0.15, 0.2) is 0 Å². The van der Waals surface area contributed by atoms with Gasteiger partial charge in [0.25, 0.3) is 0 Å². The zero-order valence-electron chi connectivity index (χ0n) is 7.36. The predicted octanol–water partition coefficient (Wildman–Crippen LogP) is 1.98. The van der Waals surface area contributed by atoms with E-state index in [9.17, 15) is 0 Å². The van der Waals surface area contributed by atoms with Crippen molar-refractivity contribution >= 4 is 0 Å². The molecular weight excluding hydrogens is 110 g/mol. The molecule has 0 bridgehead atoms. The molecule has 0 radical (unpaired) electrons. The van der Waals surface area contributed by atoms with Crippen molar-refractivity contribution in [1.82, 2.24) is 4.90 Å². The Morgan fingerprint density at radius 3 is 1.67 bits per heavy atom. The first-order valence-corrected chi connectivity index (χ1v) is 3.56. The molecule has 0 rings (SSSR count). The molecular formula is C8H19N. The van der Waals surface area contributed by atoms with E-state index in [1.165, 1.54) is 13.0 Å². The van der Waals surface area contributed by atoms with Crippen LogP contribution in [0.3, 0.4) is 0 Å². The molecule has 1 heteroatoms. The number of nitrogens with zero attached hydrogens (tertiary/aromatic N) is 1. The third-order valence-electron chi connectivity index (χ3n) is 1.31. The van der Waals surface area contributed by atoms with Gasteiger partial charge in [-0.05, 0) is 32.5 Å². The van der Waals surface area contributed by atoms with Gasteiger partial charge in [-0.1, -0.05) is 20.8 Å². The molecule has 0 aromatic rings. The Morgan fingerprint density at radius 1 is 1.11 bits per heavy atom. The molecule has 0 aromatic heterocycles. The molecule has 0 fully saturated rings. The van der Waals surface area contributed by atoms with Crippen molar-refractivity contribution in [3.05, 3.63) is 0 Å². The maximum Gasteiger partial charge on any atom is -0.00198 e. The molecule has 0 saturated carbocycles. The fourth-order valence-electron chi connectivity index (χ4n) is 0.559. The lowest BCUT2D eigenvalue weighted by Crippen LogP contribution is -2.19. The molecule has 0 aliphatic heterocycles. The van der Waals surface area contributed by atoms with E-state index in [1.54, 1.807) is 0 Å². The lowest BCUT2D eigenvalue weighted by Gasteiger charge is -2.20. The second-order valence-electron chi connectivity index (χ2n) is 4.11. The molecule has 0 aliphatic rings. The highest BCUT2D eigenvalue weighted by Gasteiger charge is 2.08. The minimum Gasteiger partial charge on any atom is -0.309 e. The normalized spacial score (nSPS) is 12.7. The number of rotatable bonds is 2. The molecule has 0 aromatic carbocycles. The zero-order valence-corrected chi connectivity index (χ0v) is 7.36. The molecule has 9 heavy (non-hydrogen) atoms. The van der Waals surface area contributed by atoms with Crippen LogP contribution in [-0.2, 0) is 0 Å². The molecule has 0 saturated heterocycles. The van der Waals surface area contributed by atoms with Gasteiger partial charge in [-0.25, -0.2) is 0 Å². The van der Waals surface area contributed by atoms with Crippen LogP contribution >= 0.6 is 0 Å². The van der Waals surface area contributed by atoms with Crippen LogP contribution in [0.25, 0.3) is 0 Å². The summed E-state index contributed by atoms with van der Waals surface area (Å²) < 4.78 is 0. The molecule has 0 aliphatic carbocycles. The maximum absolute atomic E-state index is 2.27. The third kappa shape index (κ3) is 7.96. The van der Waals surface area contributed by atoms with Gasteiger partial charge in [0.15, 0.2) is 0 Å². The molecule has 0 N–H and O–H groups in total. The quantitative estimate of drug-likeness (QED) is 0.551. The molecule has 0 atom stereocenters. The molecule has 0 heterocycles. The van der Waals surface area contributed by atoms with Crippen LogP contribution in [0, 0.1) is 5.41 Å². The van der Waals surface area contributed by atoms with Gasteiger partial charge in [0.2, 0.25) is 0 Å². The van der Waals surface area contributed by atoms with E-state index < -0.39 is 0 Å². The SMILES string of the molecule is CN(C)CCC(C)(C)C. The van der Waals surface area contributed by atoms with Crippen molar-refractivity contribution in [2.24, 2.45) is 5.41 Å². The summed E-state index contributed by atoms with van der Waals surface area (Å²) in [7, 11) is 4.23. The minimum atomic E-state index is 0.490. The van der Waals surface area contributed by atoms with Crippen molar-refractivity contribution < 1.29 is 0 Å². The lowest BCUT2D eigenvalue weighted by molar-refractivity contribution is 0.297. The first kappa shape index (κ1) is 8.96. The third-order valence-corrected chi connectivity index (χ3v) is 1.31. The fourth-order valence-corrected chi connectivity index (χ4v) is 0.559. The summed E-state index contributed by atoms with van der Waals surface area (Å²) in [6, 6.07) is 0. The maximum atomic E-state index is 2.27. The minimum absolute atomic E-state index is 0.490. The molecule has 1 nitrogen and oxygen atoms in total. The van der Waals surface area contributed by atoms with Crippen molar-refractivity contribution in [2.75, 3.05) is 20.6 Å². The average molecular weight is 129 g/mol. The highest BCUT2D eigenvalue weighted by Crippen LogP contribution is 2.17. The molecule has 56 valence electrons. The second kappa shape index (κ2) is 3.21. The number of hydrogen-bond acceptors (Lipinski definition) is 1. The summed E-state index contributed by atoms with van der Waals surface area (Å²) in [5, 5.41) is 0. The van der Waals surface area contributed by atoms with Crippen molar-refractivity contribution in [3.8, 4) is 0 Å². The van der Waals surface area contributed by atoms with Gasteiger partial charge in [-0.15, -0.1) is 0 Å². The van der Waals surface area contributed by atoms with Crippen LogP contribution in [0.1, 0.15) is 27.2 Å². The fraction of sp³-hybridized carbons (Fsp3) is 1.00. The Kier molecular flexibility index (Phi) is 3.20. The lowest BCUT2D eigenvalue weighted by atomic mass is 9.92. The Balaban J connectivity index is 3.28. The Hall–Kier alpha value is -0.0400. The van der Waals surface area contributed by atoms with E-state index in [0.717, 1.165) is 0 Å². The van der Waals surface area contributed by atoms with Crippen molar-refractivity contribution in [2.45, 2.75) is 27.2 Å². The summed E-state index contributed by atoms with van der Waals surface area (Å²) in [6.45, 7) is 8.02. The topological polar surface area (TPSA) is 3.24 Å². The van der Waals surface area contributed by atoms with E-state index in [0.29, 0.717) is 5.41 Å². The Labute approximate surface area is 59.1 Å². The number of hydrogen-bond donors (Lipinski definition) is 0. The Morgan fingerprint density at radius 2 is 1.56 bits per heavy atom. The first-order chi connectivity index (χ1) is 3.92. The first-order valence-electron chi connectivity index (χ1n) is 3.56. The van der Waals surface area contributed by atoms with Crippen LogP contribution in [0.5, 0.6) is 0 Å². The van der Waals surface area contributed by atoms with Crippen molar-refractivity contribution in [1.29, 1.82) is 0 Å². The molecule has 0 unspecified atom stereocenters. The summed E-state index contributed by atoms with van der Waals surface area (Å²) in [6.07, 6.45) is 1.28. The van der Waals surface area contributed by atoms with Crippen LogP contribution in [0.4, 0.5) is 0 Å². The highest BCUT2D eigenvalue weighted by atomic mass is 15.0. The monoisotopic (exact) mass is 129 g/mol. The van der Waals surface area contributed by atoms with Crippen LogP contribution in [0.2, 0.25) is 0 Å². The molecule has 0 amide bonds. The van der Waals surface area contributed by atoms with Crippen LogP contribution < -0.4 is 0 Å². The zero-order chi connectivity index (χ0) is 7.49. The van der Waals surface area contributed by atoms with E-state index in [2.05, 4.69) is 39.8 Å². The highest BCUT2D eigenvalue weighted by molar-refractivity contribution is 4.62. The standard InChI is InChI=1S/C8H19N/c1-8(2,3)6-7-9(4)5/h6-7H2,1-5H3. The van der Waals surface area contributed by atoms with E-state index in [-0.39, 0.29) is 0 Å². The van der Waals surface area contributed by atoms with Gasteiger partial charge in [0, 0.05) is 0 Å². The van der Waals surface area contributed by atoms with Gasteiger partial charge in [0.05, 0.1) is 0 Å². The average Bonchev–Trinajstić information content (AvgIpc) is 1.59. The van der Waals surface area contributed by atoms with Gasteiger partial charge in [-0.2, -0.15) is 0 Å². The van der Waals surface area contributed by atoms with Gasteiger partial charge >= 0.3 is 0 Å². The predicted molar refractivity (Wildman–Crippen MR) is 42.6 cm³/mol. The van der Waals surface area contributed by atoms with Gasteiger partial charge in [0.1, 0.15) is 0 Å². The van der Waals surface area contributed by atoms with Crippen molar-refractivity contribution in [3.63, 3.8) is 0 Å². The van der Waals surface area contributed by atoms with Gasteiger partial charge < -0.3 is 4.90 Å². The molecule has 0 spiro atoms.